The number of nitrogens with zero attached hydrogens (tertiary/aromatic N) is 2. The topological polar surface area (TPSA) is 79.4 Å². The minimum absolute atomic E-state index is 0.160. The summed E-state index contributed by atoms with van der Waals surface area (Å²) in [7, 11) is -3.27. The van der Waals surface area contributed by atoms with Crippen LogP contribution in [0.4, 0.5) is 5.13 Å². The summed E-state index contributed by atoms with van der Waals surface area (Å²) >= 11 is 1.45. The summed E-state index contributed by atoms with van der Waals surface area (Å²) in [6.45, 7) is 4.88. The van der Waals surface area contributed by atoms with Crippen molar-refractivity contribution < 1.29 is 13.2 Å². The minimum atomic E-state index is -3.27. The molecule has 1 fully saturated rings. The van der Waals surface area contributed by atoms with Gasteiger partial charge in [0.25, 0.3) is 0 Å². The van der Waals surface area contributed by atoms with E-state index in [1.54, 1.807) is 0 Å². The lowest BCUT2D eigenvalue weighted by molar-refractivity contribution is -0.120. The Kier molecular flexibility index (Phi) is 6.52. The molecular formula is C20H27N3O3S2. The van der Waals surface area contributed by atoms with Crippen molar-refractivity contribution in [3.63, 3.8) is 0 Å². The molecular weight excluding hydrogens is 394 g/mol. The van der Waals surface area contributed by atoms with Crippen LogP contribution < -0.4 is 5.32 Å². The molecule has 3 rings (SSSR count). The normalized spacial score (nSPS) is 18.2. The van der Waals surface area contributed by atoms with Gasteiger partial charge in [-0.3, -0.25) is 4.79 Å². The Labute approximate surface area is 171 Å². The van der Waals surface area contributed by atoms with Gasteiger partial charge >= 0.3 is 0 Å². The maximum absolute atomic E-state index is 12.6. The van der Waals surface area contributed by atoms with E-state index in [0.29, 0.717) is 24.5 Å². The van der Waals surface area contributed by atoms with Gasteiger partial charge in [-0.25, -0.2) is 17.7 Å². The molecule has 1 unspecified atom stereocenters. The third-order valence-corrected chi connectivity index (χ3v) is 7.17. The first kappa shape index (κ1) is 21.0. The number of carbonyl (C=O) groups excluding carboxylic acids is 1. The van der Waals surface area contributed by atoms with Crippen LogP contribution in [0.1, 0.15) is 36.6 Å². The van der Waals surface area contributed by atoms with Crippen LogP contribution in [-0.4, -0.2) is 43.0 Å². The SMILES string of the molecule is CCCc1ccc(-c2nc(NC(=O)C3CCCN(S(C)(=O)=O)C3)sc2C)cc1. The van der Waals surface area contributed by atoms with Crippen LogP contribution in [-0.2, 0) is 21.2 Å². The Balaban J connectivity index is 1.70. The molecule has 0 radical (unpaired) electrons. The second-order valence-electron chi connectivity index (χ2n) is 7.32. The molecule has 0 aliphatic carbocycles. The van der Waals surface area contributed by atoms with Crippen LogP contribution >= 0.6 is 11.3 Å². The third-order valence-electron chi connectivity index (χ3n) is 5.02. The molecule has 0 saturated carbocycles. The van der Waals surface area contributed by atoms with Gasteiger partial charge in [0, 0.05) is 23.5 Å². The summed E-state index contributed by atoms with van der Waals surface area (Å²) in [5.41, 5.74) is 3.22. The minimum Gasteiger partial charge on any atom is -0.302 e. The number of hydrogen-bond donors (Lipinski definition) is 1. The van der Waals surface area contributed by atoms with E-state index in [2.05, 4.69) is 41.5 Å². The Morgan fingerprint density at radius 3 is 2.68 bits per heavy atom. The van der Waals surface area contributed by atoms with Gasteiger partial charge in [0.15, 0.2) is 5.13 Å². The standard InChI is InChI=1S/C20H27N3O3S2/c1-4-6-15-8-10-16(11-9-15)18-14(2)27-20(21-18)22-19(24)17-7-5-12-23(13-17)28(3,25)26/h8-11,17H,4-7,12-13H2,1-3H3,(H,21,22,24). The Morgan fingerprint density at radius 1 is 1.32 bits per heavy atom. The van der Waals surface area contributed by atoms with E-state index in [9.17, 15) is 13.2 Å². The summed E-state index contributed by atoms with van der Waals surface area (Å²) in [5.74, 6) is -0.503. The number of aromatic nitrogens is 1. The highest BCUT2D eigenvalue weighted by molar-refractivity contribution is 7.88. The first-order valence-electron chi connectivity index (χ1n) is 9.60. The van der Waals surface area contributed by atoms with Gasteiger partial charge in [0.05, 0.1) is 17.9 Å². The fraction of sp³-hybridized carbons (Fsp3) is 0.500. The van der Waals surface area contributed by atoms with Gasteiger partial charge in [-0.15, -0.1) is 11.3 Å². The van der Waals surface area contributed by atoms with Crippen molar-refractivity contribution in [3.8, 4) is 11.3 Å². The number of amides is 1. The summed E-state index contributed by atoms with van der Waals surface area (Å²) in [4.78, 5) is 18.3. The lowest BCUT2D eigenvalue weighted by Crippen LogP contribution is -2.43. The van der Waals surface area contributed by atoms with Gasteiger partial charge in [-0.1, -0.05) is 37.6 Å². The second-order valence-corrected chi connectivity index (χ2v) is 10.5. The molecule has 0 spiro atoms. The summed E-state index contributed by atoms with van der Waals surface area (Å²) < 4.78 is 24.9. The molecule has 2 aromatic rings. The Morgan fingerprint density at radius 2 is 2.04 bits per heavy atom. The molecule has 1 saturated heterocycles. The van der Waals surface area contributed by atoms with Crippen LogP contribution in [0.15, 0.2) is 24.3 Å². The van der Waals surface area contributed by atoms with Crippen molar-refractivity contribution in [2.45, 2.75) is 39.5 Å². The van der Waals surface area contributed by atoms with Crippen LogP contribution in [0.5, 0.6) is 0 Å². The fourth-order valence-electron chi connectivity index (χ4n) is 3.50. The van der Waals surface area contributed by atoms with Gasteiger partial charge in [0.2, 0.25) is 15.9 Å². The van der Waals surface area contributed by atoms with Crippen LogP contribution in [0, 0.1) is 12.8 Å². The molecule has 1 amide bonds. The third kappa shape index (κ3) is 4.98. The summed E-state index contributed by atoms with van der Waals surface area (Å²) in [6, 6.07) is 8.39. The van der Waals surface area contributed by atoms with Crippen molar-refractivity contribution >= 4 is 32.4 Å². The monoisotopic (exact) mass is 421 g/mol. The smallest absolute Gasteiger partial charge is 0.230 e. The number of sulfonamides is 1. The van der Waals surface area contributed by atoms with E-state index in [-0.39, 0.29) is 18.4 Å². The van der Waals surface area contributed by atoms with E-state index in [1.807, 2.05) is 6.92 Å². The molecule has 1 aromatic carbocycles. The highest BCUT2D eigenvalue weighted by atomic mass is 32.2. The molecule has 1 atom stereocenters. The zero-order valence-electron chi connectivity index (χ0n) is 16.6. The molecule has 6 nitrogen and oxygen atoms in total. The van der Waals surface area contributed by atoms with E-state index in [0.717, 1.165) is 29.0 Å². The average molecular weight is 422 g/mol. The van der Waals surface area contributed by atoms with Gasteiger partial charge < -0.3 is 5.32 Å². The Bertz CT molecular complexity index is 936. The van der Waals surface area contributed by atoms with Crippen molar-refractivity contribution in [3.05, 3.63) is 34.7 Å². The lowest BCUT2D eigenvalue weighted by atomic mass is 9.99. The van der Waals surface area contributed by atoms with Crippen molar-refractivity contribution in [2.24, 2.45) is 5.92 Å². The van der Waals surface area contributed by atoms with E-state index >= 15 is 0 Å². The second kappa shape index (κ2) is 8.71. The molecule has 1 aromatic heterocycles. The number of thiazole rings is 1. The fourth-order valence-corrected chi connectivity index (χ4v) is 5.25. The number of carbonyl (C=O) groups is 1. The first-order chi connectivity index (χ1) is 13.3. The van der Waals surface area contributed by atoms with E-state index < -0.39 is 10.0 Å². The molecule has 28 heavy (non-hydrogen) atoms. The summed E-state index contributed by atoms with van der Waals surface area (Å²) in [5, 5.41) is 3.45. The van der Waals surface area contributed by atoms with Crippen LogP contribution in [0.3, 0.4) is 0 Å². The highest BCUT2D eigenvalue weighted by Crippen LogP contribution is 2.31. The predicted molar refractivity (Wildman–Crippen MR) is 114 cm³/mol. The Hall–Kier alpha value is -1.77. The van der Waals surface area contributed by atoms with Gasteiger partial charge in [-0.05, 0) is 31.7 Å². The molecule has 1 aliphatic heterocycles. The van der Waals surface area contributed by atoms with Crippen molar-refractivity contribution in [1.82, 2.24) is 9.29 Å². The molecule has 2 heterocycles. The number of benzene rings is 1. The van der Waals surface area contributed by atoms with Crippen LogP contribution in [0.2, 0.25) is 0 Å². The number of aryl methyl sites for hydroxylation is 2. The maximum atomic E-state index is 12.6. The lowest BCUT2D eigenvalue weighted by Gasteiger charge is -2.29. The largest absolute Gasteiger partial charge is 0.302 e. The molecule has 0 bridgehead atoms. The first-order valence-corrected chi connectivity index (χ1v) is 12.3. The maximum Gasteiger partial charge on any atom is 0.230 e. The van der Waals surface area contributed by atoms with Crippen molar-refractivity contribution in [1.29, 1.82) is 0 Å². The number of nitrogens with one attached hydrogen (secondary N) is 1. The molecule has 1 aliphatic rings. The molecule has 152 valence electrons. The quantitative estimate of drug-likeness (QED) is 0.772. The molecule has 8 heteroatoms. The number of piperidine rings is 1. The number of rotatable bonds is 6. The van der Waals surface area contributed by atoms with E-state index in [4.69, 9.17) is 0 Å². The highest BCUT2D eigenvalue weighted by Gasteiger charge is 2.30. The number of anilines is 1. The van der Waals surface area contributed by atoms with Gasteiger partial charge in [-0.2, -0.15) is 0 Å². The zero-order chi connectivity index (χ0) is 20.3. The average Bonchev–Trinajstić information content (AvgIpc) is 3.02. The zero-order valence-corrected chi connectivity index (χ0v) is 18.2. The van der Waals surface area contributed by atoms with Gasteiger partial charge in [0.1, 0.15) is 0 Å². The van der Waals surface area contributed by atoms with Crippen LogP contribution in [0.25, 0.3) is 11.3 Å². The molecule has 1 N–H and O–H groups in total. The summed E-state index contributed by atoms with van der Waals surface area (Å²) in [6.07, 6.45) is 4.74. The van der Waals surface area contributed by atoms with Crippen molar-refractivity contribution in [2.75, 3.05) is 24.7 Å². The number of hydrogen-bond acceptors (Lipinski definition) is 5. The van der Waals surface area contributed by atoms with E-state index in [1.165, 1.54) is 27.5 Å². The predicted octanol–water partition coefficient (Wildman–Crippen LogP) is 3.68.